The third kappa shape index (κ3) is 2.05. The topological polar surface area (TPSA) is 9.23 Å². The molecule has 0 N–H and O–H groups in total. The van der Waals surface area contributed by atoms with Crippen molar-refractivity contribution < 1.29 is 4.74 Å². The van der Waals surface area contributed by atoms with Crippen molar-refractivity contribution in [1.29, 1.82) is 0 Å². The number of hydrogen-bond acceptors (Lipinski definition) is 1. The van der Waals surface area contributed by atoms with Crippen LogP contribution in [0, 0.1) is 0 Å². The van der Waals surface area contributed by atoms with Crippen LogP contribution < -0.4 is 0 Å². The van der Waals surface area contributed by atoms with E-state index in [1.165, 1.54) is 5.56 Å². The SMILES string of the molecule is CC(c1ccccc1)[C@H]1CC=CCO1. The molecule has 1 aliphatic heterocycles. The molecule has 1 heterocycles. The summed E-state index contributed by atoms with van der Waals surface area (Å²) in [6.45, 7) is 3.00. The minimum absolute atomic E-state index is 0.349. The van der Waals surface area contributed by atoms with Gasteiger partial charge in [0.15, 0.2) is 0 Å². The van der Waals surface area contributed by atoms with Crippen LogP contribution in [0.5, 0.6) is 0 Å². The highest BCUT2D eigenvalue weighted by molar-refractivity contribution is 5.20. The number of hydrogen-bond donors (Lipinski definition) is 0. The molecule has 0 saturated carbocycles. The Labute approximate surface area is 85.4 Å². The lowest BCUT2D eigenvalue weighted by Crippen LogP contribution is -2.22. The predicted molar refractivity (Wildman–Crippen MR) is 58.4 cm³/mol. The van der Waals surface area contributed by atoms with Crippen LogP contribution in [-0.2, 0) is 4.74 Å². The van der Waals surface area contributed by atoms with Gasteiger partial charge in [0.2, 0.25) is 0 Å². The lowest BCUT2D eigenvalue weighted by molar-refractivity contribution is 0.0514. The molecule has 2 atom stereocenters. The average Bonchev–Trinajstić information content (AvgIpc) is 2.30. The Hall–Kier alpha value is -1.08. The number of ether oxygens (including phenoxy) is 1. The number of benzene rings is 1. The van der Waals surface area contributed by atoms with Crippen molar-refractivity contribution in [3.8, 4) is 0 Å². The zero-order valence-corrected chi connectivity index (χ0v) is 8.52. The van der Waals surface area contributed by atoms with Crippen molar-refractivity contribution in [1.82, 2.24) is 0 Å². The van der Waals surface area contributed by atoms with E-state index >= 15 is 0 Å². The fourth-order valence-electron chi connectivity index (χ4n) is 1.87. The van der Waals surface area contributed by atoms with Crippen LogP contribution in [0.25, 0.3) is 0 Å². The van der Waals surface area contributed by atoms with E-state index in [0.29, 0.717) is 12.0 Å². The third-order valence-corrected chi connectivity index (χ3v) is 2.82. The maximum Gasteiger partial charge on any atom is 0.0679 e. The third-order valence-electron chi connectivity index (χ3n) is 2.82. The molecule has 0 saturated heterocycles. The lowest BCUT2D eigenvalue weighted by atomic mass is 9.92. The molecule has 1 heteroatoms. The van der Waals surface area contributed by atoms with Crippen LogP contribution in [0.1, 0.15) is 24.8 Å². The van der Waals surface area contributed by atoms with Gasteiger partial charge in [0.05, 0.1) is 12.7 Å². The predicted octanol–water partition coefficient (Wildman–Crippen LogP) is 3.14. The van der Waals surface area contributed by atoms with E-state index in [-0.39, 0.29) is 0 Å². The molecule has 1 aromatic carbocycles. The molecule has 14 heavy (non-hydrogen) atoms. The Morgan fingerprint density at radius 2 is 2.00 bits per heavy atom. The van der Waals surface area contributed by atoms with Crippen LogP contribution in [0.2, 0.25) is 0 Å². The second-order valence-corrected chi connectivity index (χ2v) is 3.78. The summed E-state index contributed by atoms with van der Waals surface area (Å²) in [5.41, 5.74) is 1.37. The minimum atomic E-state index is 0.349. The Morgan fingerprint density at radius 1 is 1.21 bits per heavy atom. The summed E-state index contributed by atoms with van der Waals surface area (Å²) in [6.07, 6.45) is 5.69. The van der Waals surface area contributed by atoms with Crippen LogP contribution in [0.3, 0.4) is 0 Å². The Morgan fingerprint density at radius 3 is 2.64 bits per heavy atom. The standard InChI is InChI=1S/C13H16O/c1-11(12-7-3-2-4-8-12)13-9-5-6-10-14-13/h2-8,11,13H,9-10H2,1H3/t11?,13-/m1/s1. The molecule has 74 valence electrons. The van der Waals surface area contributed by atoms with Crippen LogP contribution >= 0.6 is 0 Å². The Balaban J connectivity index is 2.08. The van der Waals surface area contributed by atoms with E-state index < -0.39 is 0 Å². The van der Waals surface area contributed by atoms with E-state index in [2.05, 4.69) is 49.4 Å². The summed E-state index contributed by atoms with van der Waals surface area (Å²) in [7, 11) is 0. The molecule has 2 rings (SSSR count). The van der Waals surface area contributed by atoms with E-state index in [4.69, 9.17) is 4.74 Å². The molecule has 1 nitrogen and oxygen atoms in total. The van der Waals surface area contributed by atoms with Gasteiger partial charge in [-0.2, -0.15) is 0 Å². The van der Waals surface area contributed by atoms with Gasteiger partial charge in [-0.05, 0) is 12.0 Å². The first-order chi connectivity index (χ1) is 6.88. The summed E-state index contributed by atoms with van der Waals surface area (Å²) in [5, 5.41) is 0. The second kappa shape index (κ2) is 4.43. The molecule has 0 bridgehead atoms. The summed E-state index contributed by atoms with van der Waals surface area (Å²) < 4.78 is 5.71. The van der Waals surface area contributed by atoms with Crippen molar-refractivity contribution >= 4 is 0 Å². The van der Waals surface area contributed by atoms with Crippen molar-refractivity contribution in [2.45, 2.75) is 25.4 Å². The van der Waals surface area contributed by atoms with Gasteiger partial charge in [-0.1, -0.05) is 49.4 Å². The molecule has 0 spiro atoms. The number of rotatable bonds is 2. The summed E-state index contributed by atoms with van der Waals surface area (Å²) in [5.74, 6) is 0.487. The highest BCUT2D eigenvalue weighted by Crippen LogP contribution is 2.25. The molecule has 0 amide bonds. The van der Waals surface area contributed by atoms with Gasteiger partial charge >= 0.3 is 0 Å². The van der Waals surface area contributed by atoms with Gasteiger partial charge in [0, 0.05) is 5.92 Å². The van der Waals surface area contributed by atoms with Gasteiger partial charge < -0.3 is 4.74 Å². The lowest BCUT2D eigenvalue weighted by Gasteiger charge is -2.25. The van der Waals surface area contributed by atoms with Crippen LogP contribution in [-0.4, -0.2) is 12.7 Å². The highest BCUT2D eigenvalue weighted by atomic mass is 16.5. The Kier molecular flexibility index (Phi) is 3.00. The fraction of sp³-hybridized carbons (Fsp3) is 0.385. The van der Waals surface area contributed by atoms with Gasteiger partial charge in [-0.3, -0.25) is 0 Å². The van der Waals surface area contributed by atoms with Crippen molar-refractivity contribution in [2.24, 2.45) is 0 Å². The monoisotopic (exact) mass is 188 g/mol. The van der Waals surface area contributed by atoms with Crippen LogP contribution in [0.4, 0.5) is 0 Å². The van der Waals surface area contributed by atoms with Gasteiger partial charge in [-0.25, -0.2) is 0 Å². The maximum absolute atomic E-state index is 5.71. The fourth-order valence-corrected chi connectivity index (χ4v) is 1.87. The first kappa shape index (κ1) is 9.47. The van der Waals surface area contributed by atoms with E-state index in [0.717, 1.165) is 13.0 Å². The van der Waals surface area contributed by atoms with Gasteiger partial charge in [-0.15, -0.1) is 0 Å². The zero-order chi connectivity index (χ0) is 9.80. The van der Waals surface area contributed by atoms with E-state index in [1.807, 2.05) is 0 Å². The quantitative estimate of drug-likeness (QED) is 0.648. The molecule has 0 radical (unpaired) electrons. The average molecular weight is 188 g/mol. The zero-order valence-electron chi connectivity index (χ0n) is 8.52. The van der Waals surface area contributed by atoms with Crippen LogP contribution in [0.15, 0.2) is 42.5 Å². The molecular formula is C13H16O. The summed E-state index contributed by atoms with van der Waals surface area (Å²) in [6, 6.07) is 10.6. The Bertz CT molecular complexity index is 302. The normalized spacial score (nSPS) is 23.4. The molecule has 0 aliphatic carbocycles. The molecular weight excluding hydrogens is 172 g/mol. The van der Waals surface area contributed by atoms with Crippen molar-refractivity contribution in [2.75, 3.05) is 6.61 Å². The van der Waals surface area contributed by atoms with Crippen molar-refractivity contribution in [3.63, 3.8) is 0 Å². The largest absolute Gasteiger partial charge is 0.373 e. The van der Waals surface area contributed by atoms with E-state index in [1.54, 1.807) is 0 Å². The second-order valence-electron chi connectivity index (χ2n) is 3.78. The van der Waals surface area contributed by atoms with Gasteiger partial charge in [0.1, 0.15) is 0 Å². The first-order valence-corrected chi connectivity index (χ1v) is 5.19. The summed E-state index contributed by atoms with van der Waals surface area (Å²) in [4.78, 5) is 0. The molecule has 0 aromatic heterocycles. The maximum atomic E-state index is 5.71. The van der Waals surface area contributed by atoms with E-state index in [9.17, 15) is 0 Å². The smallest absolute Gasteiger partial charge is 0.0679 e. The molecule has 1 unspecified atom stereocenters. The molecule has 1 aliphatic rings. The highest BCUT2D eigenvalue weighted by Gasteiger charge is 2.19. The van der Waals surface area contributed by atoms with Gasteiger partial charge in [0.25, 0.3) is 0 Å². The first-order valence-electron chi connectivity index (χ1n) is 5.19. The minimum Gasteiger partial charge on any atom is -0.373 e. The van der Waals surface area contributed by atoms with Crippen molar-refractivity contribution in [3.05, 3.63) is 48.0 Å². The molecule has 1 aromatic rings. The summed E-state index contributed by atoms with van der Waals surface area (Å²) >= 11 is 0. The molecule has 0 fully saturated rings.